The average molecular weight is 386 g/mol. The summed E-state index contributed by atoms with van der Waals surface area (Å²) < 4.78 is 5.35. The van der Waals surface area contributed by atoms with Gasteiger partial charge in [0.1, 0.15) is 11.4 Å². The van der Waals surface area contributed by atoms with E-state index in [4.69, 9.17) is 16.3 Å². The van der Waals surface area contributed by atoms with Crippen molar-refractivity contribution >= 4 is 46.2 Å². The first-order valence-electron chi connectivity index (χ1n) is 7.78. The highest BCUT2D eigenvalue weighted by Gasteiger charge is 2.33. The summed E-state index contributed by atoms with van der Waals surface area (Å²) in [5.41, 5.74) is 1.34. The summed E-state index contributed by atoms with van der Waals surface area (Å²) in [6.45, 7) is 4.07. The lowest BCUT2D eigenvalue weighted by atomic mass is 10.2. The number of rotatable bonds is 5. The van der Waals surface area contributed by atoms with E-state index in [1.165, 1.54) is 11.8 Å². The van der Waals surface area contributed by atoms with E-state index in [9.17, 15) is 4.79 Å². The van der Waals surface area contributed by atoms with E-state index in [0.717, 1.165) is 5.56 Å². The first-order valence-corrected chi connectivity index (χ1v) is 8.98. The summed E-state index contributed by atoms with van der Waals surface area (Å²) in [4.78, 5) is 23.4. The number of amides is 1. The molecule has 2 aromatic rings. The van der Waals surface area contributed by atoms with Crippen molar-refractivity contribution in [2.75, 3.05) is 13.7 Å². The van der Waals surface area contributed by atoms with Gasteiger partial charge in [-0.3, -0.25) is 9.69 Å². The molecule has 1 fully saturated rings. The number of benzene rings is 1. The molecule has 0 radical (unpaired) electrons. The molecule has 5 nitrogen and oxygen atoms in total. The Morgan fingerprint density at radius 1 is 1.35 bits per heavy atom. The van der Waals surface area contributed by atoms with Crippen molar-refractivity contribution in [1.29, 1.82) is 0 Å². The highest BCUT2D eigenvalue weighted by molar-refractivity contribution is 8.18. The second-order valence-corrected chi connectivity index (χ2v) is 6.63. The van der Waals surface area contributed by atoms with E-state index in [2.05, 4.69) is 16.6 Å². The number of halogens is 1. The summed E-state index contributed by atoms with van der Waals surface area (Å²) in [6, 6.07) is 11.0. The Balaban J connectivity index is 2.00. The fraction of sp³-hybridized carbons (Fsp3) is 0.105. The van der Waals surface area contributed by atoms with Crippen LogP contribution in [0.2, 0.25) is 5.15 Å². The lowest BCUT2D eigenvalue weighted by Crippen LogP contribution is -2.29. The SMILES string of the molecule is C=CCN1C(=O)/C(=C/c2ccccc2OC)SC1=Nc1cccnc1Cl. The Bertz CT molecular complexity index is 911. The number of amidine groups is 1. The largest absolute Gasteiger partial charge is 0.496 e. The normalized spacial score (nSPS) is 17.2. The average Bonchev–Trinajstić information content (AvgIpc) is 2.93. The van der Waals surface area contributed by atoms with E-state index in [0.29, 0.717) is 28.1 Å². The summed E-state index contributed by atoms with van der Waals surface area (Å²) in [5, 5.41) is 0.819. The van der Waals surface area contributed by atoms with Gasteiger partial charge in [-0.05, 0) is 36.0 Å². The molecule has 0 spiro atoms. The van der Waals surface area contributed by atoms with Gasteiger partial charge in [-0.2, -0.15) is 0 Å². The second-order valence-electron chi connectivity index (χ2n) is 5.26. The molecule has 0 saturated carbocycles. The second kappa shape index (κ2) is 8.21. The summed E-state index contributed by atoms with van der Waals surface area (Å²) in [6.07, 6.45) is 5.05. The van der Waals surface area contributed by atoms with Crippen molar-refractivity contribution < 1.29 is 9.53 Å². The molecule has 132 valence electrons. The number of hydrogen-bond acceptors (Lipinski definition) is 5. The van der Waals surface area contributed by atoms with E-state index in [1.807, 2.05) is 24.3 Å². The Labute approximate surface area is 161 Å². The zero-order chi connectivity index (χ0) is 18.5. The fourth-order valence-electron chi connectivity index (χ4n) is 2.37. The van der Waals surface area contributed by atoms with Crippen molar-refractivity contribution in [3.63, 3.8) is 0 Å². The maximum atomic E-state index is 12.8. The minimum Gasteiger partial charge on any atom is -0.496 e. The van der Waals surface area contributed by atoms with Gasteiger partial charge < -0.3 is 4.74 Å². The van der Waals surface area contributed by atoms with E-state index in [1.54, 1.807) is 42.5 Å². The first kappa shape index (κ1) is 18.2. The molecule has 26 heavy (non-hydrogen) atoms. The number of carbonyl (C=O) groups is 1. The summed E-state index contributed by atoms with van der Waals surface area (Å²) in [5.74, 6) is 0.559. The van der Waals surface area contributed by atoms with Crippen LogP contribution < -0.4 is 4.74 Å². The van der Waals surface area contributed by atoms with Crippen LogP contribution in [0.5, 0.6) is 5.75 Å². The molecule has 1 aliphatic rings. The highest BCUT2D eigenvalue weighted by atomic mass is 35.5. The Morgan fingerprint density at radius 3 is 2.88 bits per heavy atom. The number of nitrogens with zero attached hydrogens (tertiary/aromatic N) is 3. The molecule has 3 rings (SSSR count). The first-order chi connectivity index (χ1) is 12.6. The smallest absolute Gasteiger partial charge is 0.267 e. The molecule has 1 aromatic heterocycles. The number of thioether (sulfide) groups is 1. The molecule has 2 heterocycles. The Hall–Kier alpha value is -2.57. The number of para-hydroxylation sites is 1. The van der Waals surface area contributed by atoms with E-state index >= 15 is 0 Å². The lowest BCUT2D eigenvalue weighted by Gasteiger charge is -2.12. The number of ether oxygens (including phenoxy) is 1. The molecular weight excluding hydrogens is 370 g/mol. The standard InChI is InChI=1S/C19H16ClN3O2S/c1-3-11-23-18(24)16(12-13-7-4-5-9-15(13)25-2)26-19(23)22-14-8-6-10-21-17(14)20/h3-10,12H,1,11H2,2H3/b16-12-,22-19?. The zero-order valence-corrected chi connectivity index (χ0v) is 15.6. The molecular formula is C19H16ClN3O2S. The van der Waals surface area contributed by atoms with Crippen LogP contribution in [0.15, 0.2) is 65.1 Å². The molecule has 0 unspecified atom stereocenters. The van der Waals surface area contributed by atoms with Gasteiger partial charge in [-0.25, -0.2) is 9.98 Å². The maximum absolute atomic E-state index is 12.8. The number of carbonyl (C=O) groups excluding carboxylic acids is 1. The maximum Gasteiger partial charge on any atom is 0.267 e. The third kappa shape index (κ3) is 3.81. The van der Waals surface area contributed by atoms with Crippen LogP contribution in [-0.2, 0) is 4.79 Å². The number of aliphatic imine (C=N–C) groups is 1. The molecule has 0 N–H and O–H groups in total. The van der Waals surface area contributed by atoms with Crippen LogP contribution in [-0.4, -0.2) is 34.6 Å². The number of pyridine rings is 1. The van der Waals surface area contributed by atoms with Crippen LogP contribution in [0.4, 0.5) is 5.69 Å². The topological polar surface area (TPSA) is 54.8 Å². The van der Waals surface area contributed by atoms with Gasteiger partial charge in [0.25, 0.3) is 5.91 Å². The summed E-state index contributed by atoms with van der Waals surface area (Å²) >= 11 is 7.37. The van der Waals surface area contributed by atoms with Crippen LogP contribution in [0, 0.1) is 0 Å². The lowest BCUT2D eigenvalue weighted by molar-refractivity contribution is -0.121. The predicted octanol–water partition coefficient (Wildman–Crippen LogP) is 4.53. The minimum atomic E-state index is -0.139. The van der Waals surface area contributed by atoms with Crippen molar-refractivity contribution in [1.82, 2.24) is 9.88 Å². The molecule has 7 heteroatoms. The molecule has 0 bridgehead atoms. The van der Waals surface area contributed by atoms with Crippen molar-refractivity contribution in [2.24, 2.45) is 4.99 Å². The number of aromatic nitrogens is 1. The van der Waals surface area contributed by atoms with E-state index < -0.39 is 0 Å². The third-order valence-electron chi connectivity index (χ3n) is 3.58. The zero-order valence-electron chi connectivity index (χ0n) is 14.1. The van der Waals surface area contributed by atoms with Gasteiger partial charge in [-0.15, -0.1) is 6.58 Å². The molecule has 1 amide bonds. The molecule has 1 aliphatic heterocycles. The third-order valence-corrected chi connectivity index (χ3v) is 4.88. The molecule has 1 saturated heterocycles. The van der Waals surface area contributed by atoms with Gasteiger partial charge in [0.15, 0.2) is 10.3 Å². The predicted molar refractivity (Wildman–Crippen MR) is 107 cm³/mol. The Kier molecular flexibility index (Phi) is 5.75. The Morgan fingerprint density at radius 2 is 2.15 bits per heavy atom. The molecule has 0 aliphatic carbocycles. The fourth-order valence-corrected chi connectivity index (χ4v) is 3.53. The summed E-state index contributed by atoms with van der Waals surface area (Å²) in [7, 11) is 1.60. The van der Waals surface area contributed by atoms with Gasteiger partial charge in [0.2, 0.25) is 0 Å². The minimum absolute atomic E-state index is 0.139. The van der Waals surface area contributed by atoms with Crippen molar-refractivity contribution in [2.45, 2.75) is 0 Å². The van der Waals surface area contributed by atoms with E-state index in [-0.39, 0.29) is 11.1 Å². The van der Waals surface area contributed by atoms with Gasteiger partial charge in [0, 0.05) is 18.3 Å². The van der Waals surface area contributed by atoms with Crippen molar-refractivity contribution in [3.8, 4) is 5.75 Å². The van der Waals surface area contributed by atoms with Crippen LogP contribution in [0.25, 0.3) is 6.08 Å². The van der Waals surface area contributed by atoms with Gasteiger partial charge in [0.05, 0.1) is 12.0 Å². The van der Waals surface area contributed by atoms with Crippen LogP contribution in [0.3, 0.4) is 0 Å². The number of hydrogen-bond donors (Lipinski definition) is 0. The molecule has 1 aromatic carbocycles. The number of methoxy groups -OCH3 is 1. The monoisotopic (exact) mass is 385 g/mol. The van der Waals surface area contributed by atoms with Crippen molar-refractivity contribution in [3.05, 3.63) is 70.9 Å². The van der Waals surface area contributed by atoms with Crippen LogP contribution >= 0.6 is 23.4 Å². The van der Waals surface area contributed by atoms with Gasteiger partial charge >= 0.3 is 0 Å². The quantitative estimate of drug-likeness (QED) is 0.431. The highest BCUT2D eigenvalue weighted by Crippen LogP contribution is 2.36. The van der Waals surface area contributed by atoms with Gasteiger partial charge in [-0.1, -0.05) is 35.9 Å². The molecule has 0 atom stereocenters. The van der Waals surface area contributed by atoms with Crippen LogP contribution in [0.1, 0.15) is 5.56 Å².